The Morgan fingerprint density at radius 3 is 2.71 bits per heavy atom. The Morgan fingerprint density at radius 2 is 2.12 bits per heavy atom. The molecule has 0 bridgehead atoms. The summed E-state index contributed by atoms with van der Waals surface area (Å²) in [6.07, 6.45) is 6.00. The monoisotopic (exact) mass is 237 g/mol. The number of aromatic amines is 2. The number of hydrogen-bond donors (Lipinski definition) is 4. The summed E-state index contributed by atoms with van der Waals surface area (Å²) in [6, 6.07) is 0. The molecule has 7 heteroatoms. The molecule has 3 rings (SSSR count). The third-order valence-corrected chi connectivity index (χ3v) is 2.64. The molecule has 92 valence electrons. The zero-order valence-corrected chi connectivity index (χ0v) is 9.31. The van der Waals surface area contributed by atoms with E-state index in [1.54, 1.807) is 0 Å². The van der Waals surface area contributed by atoms with Gasteiger partial charge in [0.05, 0.1) is 12.4 Å². The quantitative estimate of drug-likeness (QED) is 0.519. The van der Waals surface area contributed by atoms with Gasteiger partial charge in [-0.3, -0.25) is 9.78 Å². The molecule has 0 saturated heterocycles. The van der Waals surface area contributed by atoms with Crippen molar-refractivity contribution in [3.8, 4) is 0 Å². The Balaban J connectivity index is 0.000000153. The predicted molar refractivity (Wildman–Crippen MR) is 63.4 cm³/mol. The fourth-order valence-corrected chi connectivity index (χ4v) is 1.76. The SMILES string of the molecule is Nc1nc2nc[nH]c2c(=O)[nH]1.OC1CCCC1. The summed E-state index contributed by atoms with van der Waals surface area (Å²) < 4.78 is 0. The Morgan fingerprint density at radius 1 is 1.41 bits per heavy atom. The molecule has 1 aliphatic rings. The molecule has 7 nitrogen and oxygen atoms in total. The summed E-state index contributed by atoms with van der Waals surface area (Å²) >= 11 is 0. The molecular weight excluding hydrogens is 222 g/mol. The van der Waals surface area contributed by atoms with Crippen molar-refractivity contribution in [1.82, 2.24) is 19.9 Å². The molecule has 0 aromatic carbocycles. The Labute approximate surface area is 97.1 Å². The lowest BCUT2D eigenvalue weighted by molar-refractivity contribution is 0.183. The van der Waals surface area contributed by atoms with Crippen molar-refractivity contribution >= 4 is 17.1 Å². The fraction of sp³-hybridized carbons (Fsp3) is 0.500. The van der Waals surface area contributed by atoms with Gasteiger partial charge in [0, 0.05) is 0 Å². The lowest BCUT2D eigenvalue weighted by atomic mass is 10.3. The normalized spacial score (nSPS) is 15.8. The van der Waals surface area contributed by atoms with E-state index in [0.29, 0.717) is 11.2 Å². The number of aliphatic hydroxyl groups is 1. The van der Waals surface area contributed by atoms with Gasteiger partial charge in [0.25, 0.3) is 5.56 Å². The summed E-state index contributed by atoms with van der Waals surface area (Å²) in [7, 11) is 0. The molecule has 0 atom stereocenters. The maximum Gasteiger partial charge on any atom is 0.278 e. The van der Waals surface area contributed by atoms with Crippen molar-refractivity contribution < 1.29 is 5.11 Å². The van der Waals surface area contributed by atoms with Crippen LogP contribution >= 0.6 is 0 Å². The van der Waals surface area contributed by atoms with Crippen molar-refractivity contribution in [3.05, 3.63) is 16.7 Å². The van der Waals surface area contributed by atoms with Gasteiger partial charge in [-0.05, 0) is 12.8 Å². The largest absolute Gasteiger partial charge is 0.393 e. The van der Waals surface area contributed by atoms with Crippen molar-refractivity contribution in [2.24, 2.45) is 0 Å². The van der Waals surface area contributed by atoms with Crippen LogP contribution in [-0.4, -0.2) is 31.1 Å². The minimum atomic E-state index is -0.301. The van der Waals surface area contributed by atoms with E-state index in [-0.39, 0.29) is 17.6 Å². The molecule has 0 radical (unpaired) electrons. The maximum absolute atomic E-state index is 11.0. The first kappa shape index (κ1) is 11.6. The first-order valence-corrected chi connectivity index (χ1v) is 5.54. The van der Waals surface area contributed by atoms with E-state index in [9.17, 15) is 4.79 Å². The van der Waals surface area contributed by atoms with Gasteiger partial charge in [0.15, 0.2) is 11.2 Å². The molecule has 1 fully saturated rings. The van der Waals surface area contributed by atoms with Crippen LogP contribution in [0.25, 0.3) is 11.2 Å². The second-order valence-electron chi connectivity index (χ2n) is 3.99. The number of nitrogen functional groups attached to an aromatic ring is 1. The number of aliphatic hydroxyl groups excluding tert-OH is 1. The lowest BCUT2D eigenvalue weighted by Crippen LogP contribution is -2.10. The average molecular weight is 237 g/mol. The van der Waals surface area contributed by atoms with Gasteiger partial charge >= 0.3 is 0 Å². The van der Waals surface area contributed by atoms with E-state index in [1.165, 1.54) is 19.2 Å². The third-order valence-electron chi connectivity index (χ3n) is 2.64. The minimum Gasteiger partial charge on any atom is -0.393 e. The molecule has 5 N–H and O–H groups in total. The maximum atomic E-state index is 11.0. The van der Waals surface area contributed by atoms with Crippen molar-refractivity contribution in [2.45, 2.75) is 31.8 Å². The molecule has 0 aliphatic heterocycles. The fourth-order valence-electron chi connectivity index (χ4n) is 1.76. The van der Waals surface area contributed by atoms with Crippen LogP contribution in [0.3, 0.4) is 0 Å². The van der Waals surface area contributed by atoms with Crippen LogP contribution in [-0.2, 0) is 0 Å². The minimum absolute atomic E-state index is 0.0463. The third kappa shape index (κ3) is 2.82. The molecule has 2 aromatic rings. The highest BCUT2D eigenvalue weighted by Gasteiger charge is 2.09. The Kier molecular flexibility index (Phi) is 3.38. The van der Waals surface area contributed by atoms with Crippen LogP contribution in [0.2, 0.25) is 0 Å². The number of fused-ring (bicyclic) bond motifs is 1. The number of aromatic nitrogens is 4. The number of anilines is 1. The standard InChI is InChI=1S/C5H5N5O.C5H10O/c6-5-9-3-2(4(11)10-5)7-1-8-3;6-5-3-1-2-4-5/h1H,(H4,6,7,8,9,10,11);5-6H,1-4H2. The first-order chi connectivity index (χ1) is 8.16. The number of nitrogens with one attached hydrogen (secondary N) is 2. The van der Waals surface area contributed by atoms with Gasteiger partial charge in [-0.1, -0.05) is 12.8 Å². The van der Waals surface area contributed by atoms with Crippen molar-refractivity contribution in [1.29, 1.82) is 0 Å². The zero-order valence-electron chi connectivity index (χ0n) is 9.31. The molecule has 0 unspecified atom stereocenters. The van der Waals surface area contributed by atoms with Crippen molar-refractivity contribution in [3.63, 3.8) is 0 Å². The van der Waals surface area contributed by atoms with Crippen molar-refractivity contribution in [2.75, 3.05) is 5.73 Å². The lowest BCUT2D eigenvalue weighted by Gasteiger charge is -1.91. The first-order valence-electron chi connectivity index (χ1n) is 5.54. The van der Waals surface area contributed by atoms with Gasteiger partial charge in [0.2, 0.25) is 5.95 Å². The van der Waals surface area contributed by atoms with Gasteiger partial charge in [-0.25, -0.2) is 4.98 Å². The zero-order chi connectivity index (χ0) is 12.3. The molecule has 17 heavy (non-hydrogen) atoms. The Bertz CT molecular complexity index is 541. The summed E-state index contributed by atoms with van der Waals surface area (Å²) in [5.74, 6) is 0.0783. The van der Waals surface area contributed by atoms with E-state index in [1.807, 2.05) is 0 Å². The average Bonchev–Trinajstić information content (AvgIpc) is 2.89. The highest BCUT2D eigenvalue weighted by atomic mass is 16.3. The summed E-state index contributed by atoms with van der Waals surface area (Å²) in [4.78, 5) is 23.5. The number of H-pyrrole nitrogens is 2. The van der Waals surface area contributed by atoms with Crippen LogP contribution in [0, 0.1) is 0 Å². The Hall–Kier alpha value is -1.89. The van der Waals surface area contributed by atoms with Crippen LogP contribution in [0.1, 0.15) is 25.7 Å². The van der Waals surface area contributed by atoms with E-state index < -0.39 is 0 Å². The van der Waals surface area contributed by atoms with E-state index in [4.69, 9.17) is 10.8 Å². The van der Waals surface area contributed by atoms with Crippen LogP contribution in [0.15, 0.2) is 11.1 Å². The molecule has 1 saturated carbocycles. The van der Waals surface area contributed by atoms with Crippen LogP contribution in [0.4, 0.5) is 5.95 Å². The van der Waals surface area contributed by atoms with E-state index >= 15 is 0 Å². The summed E-state index contributed by atoms with van der Waals surface area (Å²) in [6.45, 7) is 0. The molecule has 0 amide bonds. The molecule has 2 heterocycles. The van der Waals surface area contributed by atoms with Crippen LogP contribution < -0.4 is 11.3 Å². The number of imidazole rings is 1. The van der Waals surface area contributed by atoms with Crippen LogP contribution in [0.5, 0.6) is 0 Å². The van der Waals surface area contributed by atoms with Gasteiger partial charge < -0.3 is 15.8 Å². The smallest absolute Gasteiger partial charge is 0.278 e. The second kappa shape index (κ2) is 4.96. The number of nitrogens with two attached hydrogens (primary N) is 1. The van der Waals surface area contributed by atoms with Gasteiger partial charge in [-0.2, -0.15) is 4.98 Å². The number of rotatable bonds is 0. The predicted octanol–water partition coefficient (Wildman–Crippen LogP) is 0.150. The van der Waals surface area contributed by atoms with E-state index in [0.717, 1.165) is 12.8 Å². The number of hydrogen-bond acceptors (Lipinski definition) is 5. The molecule has 2 aromatic heterocycles. The van der Waals surface area contributed by atoms with Gasteiger partial charge in [-0.15, -0.1) is 0 Å². The summed E-state index contributed by atoms with van der Waals surface area (Å²) in [5.41, 5.74) is 5.65. The van der Waals surface area contributed by atoms with E-state index in [2.05, 4.69) is 19.9 Å². The highest BCUT2D eigenvalue weighted by molar-refractivity contribution is 5.69. The number of nitrogens with zero attached hydrogens (tertiary/aromatic N) is 2. The molecular formula is C10H15N5O2. The highest BCUT2D eigenvalue weighted by Crippen LogP contribution is 2.16. The van der Waals surface area contributed by atoms with Gasteiger partial charge in [0.1, 0.15) is 0 Å². The topological polar surface area (TPSA) is 121 Å². The molecule has 1 aliphatic carbocycles. The second-order valence-corrected chi connectivity index (χ2v) is 3.99. The molecule has 0 spiro atoms. The summed E-state index contributed by atoms with van der Waals surface area (Å²) in [5, 5.41) is 8.73.